The molecule has 0 aromatic heterocycles. The highest BCUT2D eigenvalue weighted by Crippen LogP contribution is 2.44. The fraction of sp³-hybridized carbons (Fsp3) is 0.745. The minimum atomic E-state index is -0.413. The van der Waals surface area contributed by atoms with Gasteiger partial charge in [0, 0.05) is 25.7 Å². The first-order valence-corrected chi connectivity index (χ1v) is 24.7. The molecule has 3 rings (SSSR count). The molecular formula is C51H85NO13. The van der Waals surface area contributed by atoms with E-state index in [0.29, 0.717) is 158 Å². The van der Waals surface area contributed by atoms with Crippen LogP contribution in [0.2, 0.25) is 0 Å². The standard InChI is InChI=1S/C51H85NO13/c1-2-3-4-5-6-7-8-9-10-11-16-23-54-25-27-56-29-31-58-33-35-60-37-39-62-41-43-64-44-42-63-40-38-61-36-34-59-32-30-57-28-26-55-24-17-22-52-51(53)65-45-50-48-20-14-12-18-46(48)47-19-13-15-21-49(47)50/h12-15,18-21,50H,2-11,16-17,22-45H2,1H3,(H,52,53). The highest BCUT2D eigenvalue weighted by Gasteiger charge is 2.29. The molecule has 0 aliphatic heterocycles. The second kappa shape index (κ2) is 42.6. The Labute approximate surface area is 391 Å². The molecule has 0 bridgehead atoms. The average molecular weight is 920 g/mol. The summed E-state index contributed by atoms with van der Waals surface area (Å²) < 4.78 is 66.7. The van der Waals surface area contributed by atoms with Crippen LogP contribution in [0.25, 0.3) is 11.1 Å². The molecule has 1 N–H and O–H groups in total. The molecule has 1 amide bonds. The van der Waals surface area contributed by atoms with Crippen molar-refractivity contribution < 1.29 is 61.6 Å². The Morgan fingerprint density at radius 3 is 1.03 bits per heavy atom. The van der Waals surface area contributed by atoms with E-state index in [-0.39, 0.29) is 5.92 Å². The number of amides is 1. The maximum Gasteiger partial charge on any atom is 0.407 e. The summed E-state index contributed by atoms with van der Waals surface area (Å²) in [4.78, 5) is 12.3. The van der Waals surface area contributed by atoms with Gasteiger partial charge >= 0.3 is 6.09 Å². The number of nitrogens with one attached hydrogen (secondary N) is 1. The van der Waals surface area contributed by atoms with Crippen LogP contribution >= 0.6 is 0 Å². The molecule has 1 aliphatic rings. The van der Waals surface area contributed by atoms with Gasteiger partial charge in [-0.15, -0.1) is 0 Å². The number of rotatable bonds is 48. The highest BCUT2D eigenvalue weighted by atomic mass is 16.6. The summed E-state index contributed by atoms with van der Waals surface area (Å²) in [5.41, 5.74) is 4.81. The number of hydrogen-bond acceptors (Lipinski definition) is 13. The van der Waals surface area contributed by atoms with Gasteiger partial charge in [0.15, 0.2) is 0 Å². The Morgan fingerprint density at radius 1 is 0.385 bits per heavy atom. The summed E-state index contributed by atoms with van der Waals surface area (Å²) >= 11 is 0. The number of unbranched alkanes of at least 4 members (excludes halogenated alkanes) is 10. The normalized spacial score (nSPS) is 12.2. The van der Waals surface area contributed by atoms with Crippen molar-refractivity contribution in [2.24, 2.45) is 0 Å². The van der Waals surface area contributed by atoms with Crippen LogP contribution in [0.5, 0.6) is 0 Å². The Kier molecular flexibility index (Phi) is 37.1. The molecule has 65 heavy (non-hydrogen) atoms. The van der Waals surface area contributed by atoms with Gasteiger partial charge in [0.2, 0.25) is 0 Å². The maximum absolute atomic E-state index is 12.3. The fourth-order valence-corrected chi connectivity index (χ4v) is 7.18. The molecule has 2 aromatic rings. The number of hydrogen-bond donors (Lipinski definition) is 1. The minimum Gasteiger partial charge on any atom is -0.449 e. The molecule has 0 fully saturated rings. The number of fused-ring (bicyclic) bond motifs is 3. The van der Waals surface area contributed by atoms with Crippen LogP contribution in [0.4, 0.5) is 4.79 Å². The molecule has 14 nitrogen and oxygen atoms in total. The van der Waals surface area contributed by atoms with Crippen molar-refractivity contribution in [2.45, 2.75) is 89.9 Å². The summed E-state index contributed by atoms with van der Waals surface area (Å²) in [6, 6.07) is 16.6. The molecule has 0 saturated carbocycles. The van der Waals surface area contributed by atoms with Crippen LogP contribution in [0.3, 0.4) is 0 Å². The van der Waals surface area contributed by atoms with E-state index in [4.69, 9.17) is 56.8 Å². The van der Waals surface area contributed by atoms with Crippen LogP contribution < -0.4 is 5.32 Å². The predicted molar refractivity (Wildman–Crippen MR) is 253 cm³/mol. The maximum atomic E-state index is 12.3. The predicted octanol–water partition coefficient (Wildman–Crippen LogP) is 8.41. The summed E-state index contributed by atoms with van der Waals surface area (Å²) in [5, 5.41) is 2.81. The Balaban J connectivity index is 0.901. The van der Waals surface area contributed by atoms with Gasteiger partial charge in [-0.25, -0.2) is 4.79 Å². The van der Waals surface area contributed by atoms with Gasteiger partial charge in [0.1, 0.15) is 6.61 Å². The molecule has 0 atom stereocenters. The van der Waals surface area contributed by atoms with Crippen molar-refractivity contribution in [3.63, 3.8) is 0 Å². The summed E-state index contributed by atoms with van der Waals surface area (Å²) in [6.07, 6.45) is 15.1. The lowest BCUT2D eigenvalue weighted by molar-refractivity contribution is -0.0275. The van der Waals surface area contributed by atoms with Crippen LogP contribution in [0.1, 0.15) is 101 Å². The quantitative estimate of drug-likeness (QED) is 0.0637. The number of benzene rings is 2. The van der Waals surface area contributed by atoms with Crippen molar-refractivity contribution in [1.82, 2.24) is 5.32 Å². The van der Waals surface area contributed by atoms with E-state index in [1.165, 1.54) is 86.5 Å². The number of carbonyl (C=O) groups is 1. The van der Waals surface area contributed by atoms with Crippen LogP contribution in [0, 0.1) is 0 Å². The topological polar surface area (TPSA) is 140 Å². The second-order valence-electron chi connectivity index (χ2n) is 15.9. The lowest BCUT2D eigenvalue weighted by atomic mass is 9.98. The fourth-order valence-electron chi connectivity index (χ4n) is 7.18. The van der Waals surface area contributed by atoms with Crippen molar-refractivity contribution in [3.05, 3.63) is 59.7 Å². The second-order valence-corrected chi connectivity index (χ2v) is 15.9. The van der Waals surface area contributed by atoms with E-state index in [0.717, 1.165) is 13.0 Å². The SMILES string of the molecule is CCCCCCCCCCCCCOCCOCCOCCOCCOCCOCCOCCOCCOCCOCCOCCCNC(=O)OCC1c2ccccc2-c2ccccc21. The third-order valence-electron chi connectivity index (χ3n) is 10.7. The van der Waals surface area contributed by atoms with Crippen LogP contribution in [-0.4, -0.2) is 165 Å². The third-order valence-corrected chi connectivity index (χ3v) is 10.7. The van der Waals surface area contributed by atoms with Gasteiger partial charge in [0.05, 0.1) is 132 Å². The number of ether oxygens (including phenoxy) is 12. The lowest BCUT2D eigenvalue weighted by Gasteiger charge is -2.14. The van der Waals surface area contributed by atoms with E-state index in [2.05, 4.69) is 36.5 Å². The van der Waals surface area contributed by atoms with Gasteiger partial charge in [0.25, 0.3) is 0 Å². The number of alkyl carbamates (subject to hydrolysis) is 1. The highest BCUT2D eigenvalue weighted by molar-refractivity contribution is 5.79. The van der Waals surface area contributed by atoms with E-state index >= 15 is 0 Å². The Bertz CT molecular complexity index is 1330. The Hall–Kier alpha value is -2.73. The van der Waals surface area contributed by atoms with Crippen molar-refractivity contribution in [2.75, 3.05) is 159 Å². The van der Waals surface area contributed by atoms with Gasteiger partial charge < -0.3 is 62.2 Å². The van der Waals surface area contributed by atoms with Gasteiger partial charge in [-0.3, -0.25) is 0 Å². The average Bonchev–Trinajstić information content (AvgIpc) is 3.65. The van der Waals surface area contributed by atoms with E-state index < -0.39 is 6.09 Å². The molecule has 372 valence electrons. The molecular weight excluding hydrogens is 835 g/mol. The molecule has 2 aromatic carbocycles. The molecule has 1 aliphatic carbocycles. The zero-order valence-corrected chi connectivity index (χ0v) is 40.0. The zero-order chi connectivity index (χ0) is 45.8. The first kappa shape index (κ1) is 56.6. The van der Waals surface area contributed by atoms with Crippen LogP contribution in [-0.2, 0) is 56.8 Å². The molecule has 0 spiro atoms. The van der Waals surface area contributed by atoms with Gasteiger partial charge in [-0.05, 0) is 35.1 Å². The smallest absolute Gasteiger partial charge is 0.407 e. The minimum absolute atomic E-state index is 0.0493. The number of carbonyl (C=O) groups excluding carboxylic acids is 1. The summed E-state index contributed by atoms with van der Waals surface area (Å²) in [5.74, 6) is 0.0493. The molecule has 0 saturated heterocycles. The van der Waals surface area contributed by atoms with Crippen molar-refractivity contribution in [1.29, 1.82) is 0 Å². The molecule has 0 heterocycles. The first-order valence-electron chi connectivity index (χ1n) is 24.7. The van der Waals surface area contributed by atoms with Gasteiger partial charge in [-0.1, -0.05) is 120 Å². The van der Waals surface area contributed by atoms with Crippen molar-refractivity contribution in [3.8, 4) is 11.1 Å². The largest absolute Gasteiger partial charge is 0.449 e. The lowest BCUT2D eigenvalue weighted by Crippen LogP contribution is -2.27. The Morgan fingerprint density at radius 2 is 0.677 bits per heavy atom. The van der Waals surface area contributed by atoms with E-state index in [1.807, 2.05) is 24.3 Å². The first-order chi connectivity index (χ1) is 32.3. The third kappa shape index (κ3) is 30.3. The summed E-state index contributed by atoms with van der Waals surface area (Å²) in [6.45, 7) is 14.8. The molecule has 0 unspecified atom stereocenters. The van der Waals surface area contributed by atoms with Gasteiger partial charge in [-0.2, -0.15) is 0 Å². The monoisotopic (exact) mass is 920 g/mol. The van der Waals surface area contributed by atoms with E-state index in [1.54, 1.807) is 0 Å². The zero-order valence-electron chi connectivity index (χ0n) is 40.0. The summed E-state index contributed by atoms with van der Waals surface area (Å²) in [7, 11) is 0. The van der Waals surface area contributed by atoms with Crippen molar-refractivity contribution >= 4 is 6.09 Å². The van der Waals surface area contributed by atoms with E-state index in [9.17, 15) is 4.79 Å². The van der Waals surface area contributed by atoms with Crippen LogP contribution in [0.15, 0.2) is 48.5 Å². The molecule has 14 heteroatoms. The molecule has 0 radical (unpaired) electrons.